The zero-order valence-corrected chi connectivity index (χ0v) is 22.0. The lowest BCUT2D eigenvalue weighted by atomic mass is 9.99. The quantitative estimate of drug-likeness (QED) is 0.352. The number of hydrogen-bond donors (Lipinski definition) is 2. The second-order valence-corrected chi connectivity index (χ2v) is 12.9. The van der Waals surface area contributed by atoms with Crippen LogP contribution in [0.25, 0.3) is 11.1 Å². The topological polar surface area (TPSA) is 113 Å². The molecule has 194 valence electrons. The molecule has 0 aliphatic carbocycles. The third-order valence-electron chi connectivity index (χ3n) is 6.39. The molecule has 1 saturated heterocycles. The van der Waals surface area contributed by atoms with Crippen LogP contribution in [0.2, 0.25) is 0 Å². The summed E-state index contributed by atoms with van der Waals surface area (Å²) in [5.41, 5.74) is 2.77. The van der Waals surface area contributed by atoms with Crippen molar-refractivity contribution in [2.45, 2.75) is 9.77 Å². The van der Waals surface area contributed by atoms with E-state index < -0.39 is 30.8 Å². The van der Waals surface area contributed by atoms with Crippen molar-refractivity contribution in [1.29, 1.82) is 0 Å². The molecule has 10 heteroatoms. The molecule has 1 atom stereocenters. The summed E-state index contributed by atoms with van der Waals surface area (Å²) in [4.78, 5) is 12.8. The third kappa shape index (κ3) is 4.52. The highest BCUT2D eigenvalue weighted by atomic mass is 32.2. The first-order valence-corrected chi connectivity index (χ1v) is 15.1. The molecule has 5 rings (SSSR count). The van der Waals surface area contributed by atoms with Crippen LogP contribution in [0.15, 0.2) is 114 Å². The summed E-state index contributed by atoms with van der Waals surface area (Å²) < 4.78 is 54.4. The number of sulfone groups is 1. The van der Waals surface area contributed by atoms with Gasteiger partial charge in [0.1, 0.15) is 0 Å². The highest BCUT2D eigenvalue weighted by Crippen LogP contribution is 2.44. The molecule has 1 aliphatic heterocycles. The monoisotopic (exact) mass is 547 g/mol. The Balaban J connectivity index is 1.65. The number of hydrogen-bond acceptors (Lipinski definition) is 5. The van der Waals surface area contributed by atoms with E-state index in [1.165, 1.54) is 17.0 Å². The summed E-state index contributed by atoms with van der Waals surface area (Å²) >= 11 is 0. The van der Waals surface area contributed by atoms with Crippen LogP contribution >= 0.6 is 0 Å². The Labute approximate surface area is 221 Å². The minimum Gasteiger partial charge on any atom is -0.334 e. The lowest BCUT2D eigenvalue weighted by Gasteiger charge is -2.37. The Bertz CT molecular complexity index is 1690. The molecule has 38 heavy (non-hydrogen) atoms. The lowest BCUT2D eigenvalue weighted by molar-refractivity contribution is 0.251. The molecule has 1 aliphatic rings. The summed E-state index contributed by atoms with van der Waals surface area (Å²) in [7, 11) is -7.57. The van der Waals surface area contributed by atoms with Gasteiger partial charge in [-0.05, 0) is 53.1 Å². The Morgan fingerprint density at radius 3 is 2.03 bits per heavy atom. The maximum Gasteiger partial charge on any atom is 0.323 e. The molecule has 0 aromatic heterocycles. The van der Waals surface area contributed by atoms with Gasteiger partial charge in [-0.1, -0.05) is 72.8 Å². The smallest absolute Gasteiger partial charge is 0.323 e. The van der Waals surface area contributed by atoms with E-state index in [0.29, 0.717) is 16.9 Å². The summed E-state index contributed by atoms with van der Waals surface area (Å²) in [6.45, 7) is -0.148. The van der Waals surface area contributed by atoms with Crippen molar-refractivity contribution in [1.82, 2.24) is 5.32 Å². The summed E-state index contributed by atoms with van der Waals surface area (Å²) in [6.07, 6.45) is 1.08. The van der Waals surface area contributed by atoms with Gasteiger partial charge >= 0.3 is 6.03 Å². The number of carbonyl (C=O) groups excluding carboxylic acids is 1. The number of benzene rings is 4. The molecule has 0 radical (unpaired) electrons. The van der Waals surface area contributed by atoms with Crippen molar-refractivity contribution >= 4 is 37.3 Å². The lowest BCUT2D eigenvalue weighted by Crippen LogP contribution is -2.51. The maximum atomic E-state index is 14.3. The van der Waals surface area contributed by atoms with Gasteiger partial charge < -0.3 is 5.32 Å². The zero-order valence-electron chi connectivity index (χ0n) is 20.4. The molecule has 0 bridgehead atoms. The van der Waals surface area contributed by atoms with Gasteiger partial charge in [0.05, 0.1) is 17.7 Å². The predicted octanol–water partition coefficient (Wildman–Crippen LogP) is 4.58. The Kier molecular flexibility index (Phi) is 6.46. The standard InChI is InChI=1S/C28H25N3O5S2/c1-37(33,34)30-24-10-8-9-22(19-24)21-15-17-23(18-16-21)28(38(35,36)26-13-6-3-7-14-26)20-29-27(32)31(28)25-11-4-2-5-12-25/h2-19,30H,20H2,1H3,(H,29,32). The molecule has 0 saturated carbocycles. The fourth-order valence-electron chi connectivity index (χ4n) is 4.72. The molecule has 0 spiro atoms. The van der Waals surface area contributed by atoms with Crippen LogP contribution in [-0.4, -0.2) is 35.7 Å². The number of sulfonamides is 1. The average Bonchev–Trinajstić information content (AvgIpc) is 3.27. The summed E-state index contributed by atoms with van der Waals surface area (Å²) in [5.74, 6) is 0. The SMILES string of the molecule is CS(=O)(=O)Nc1cccc(-c2ccc(C3(S(=O)(=O)c4ccccc4)CNC(=O)N3c3ccccc3)cc2)c1. The van der Waals surface area contributed by atoms with Gasteiger partial charge in [0, 0.05) is 11.4 Å². The van der Waals surface area contributed by atoms with Gasteiger partial charge in [0.15, 0.2) is 4.87 Å². The van der Waals surface area contributed by atoms with E-state index >= 15 is 0 Å². The van der Waals surface area contributed by atoms with Crippen molar-refractivity contribution in [2.24, 2.45) is 0 Å². The number of rotatable bonds is 7. The van der Waals surface area contributed by atoms with Gasteiger partial charge in [-0.3, -0.25) is 9.62 Å². The number of amides is 2. The minimum absolute atomic E-state index is 0.0982. The largest absolute Gasteiger partial charge is 0.334 e. The predicted molar refractivity (Wildman–Crippen MR) is 148 cm³/mol. The number of nitrogens with zero attached hydrogens (tertiary/aromatic N) is 1. The average molecular weight is 548 g/mol. The van der Waals surface area contributed by atoms with Gasteiger partial charge in [-0.15, -0.1) is 0 Å². The van der Waals surface area contributed by atoms with Crippen LogP contribution in [0, 0.1) is 0 Å². The number of carbonyl (C=O) groups is 1. The number of anilines is 2. The highest BCUT2D eigenvalue weighted by molar-refractivity contribution is 7.92. The molecule has 4 aromatic carbocycles. The molecule has 4 aromatic rings. The van der Waals surface area contributed by atoms with Crippen LogP contribution in [0.3, 0.4) is 0 Å². The molecule has 1 fully saturated rings. The second kappa shape index (κ2) is 9.62. The fourth-order valence-corrected chi connectivity index (χ4v) is 7.31. The molecule has 2 N–H and O–H groups in total. The molecular weight excluding hydrogens is 522 g/mol. The van der Waals surface area contributed by atoms with Crippen LogP contribution in [0.1, 0.15) is 5.56 Å². The van der Waals surface area contributed by atoms with Crippen LogP contribution < -0.4 is 14.9 Å². The molecule has 2 amide bonds. The van der Waals surface area contributed by atoms with Crippen molar-refractivity contribution in [3.8, 4) is 11.1 Å². The number of nitrogens with one attached hydrogen (secondary N) is 2. The van der Waals surface area contributed by atoms with Crippen LogP contribution in [0.4, 0.5) is 16.2 Å². The molecule has 1 unspecified atom stereocenters. The number of para-hydroxylation sites is 1. The van der Waals surface area contributed by atoms with Crippen molar-refractivity contribution < 1.29 is 21.6 Å². The van der Waals surface area contributed by atoms with Gasteiger partial charge in [-0.25, -0.2) is 21.6 Å². The second-order valence-electron chi connectivity index (χ2n) is 8.96. The molecular formula is C28H25N3O5S2. The first-order chi connectivity index (χ1) is 18.1. The maximum absolute atomic E-state index is 14.3. The highest BCUT2D eigenvalue weighted by Gasteiger charge is 2.57. The van der Waals surface area contributed by atoms with Crippen LogP contribution in [0.5, 0.6) is 0 Å². The summed E-state index contributed by atoms with van der Waals surface area (Å²) in [5, 5.41) is 2.75. The Hall–Kier alpha value is -4.15. The summed E-state index contributed by atoms with van der Waals surface area (Å²) in [6, 6.07) is 30.1. The molecule has 1 heterocycles. The third-order valence-corrected chi connectivity index (χ3v) is 9.34. The Morgan fingerprint density at radius 2 is 1.39 bits per heavy atom. The van der Waals surface area contributed by atoms with E-state index in [1.54, 1.807) is 91.0 Å². The minimum atomic E-state index is -4.12. The van der Waals surface area contributed by atoms with Gasteiger partial charge in [0.25, 0.3) is 0 Å². The van der Waals surface area contributed by atoms with Crippen molar-refractivity contribution in [3.05, 3.63) is 115 Å². The van der Waals surface area contributed by atoms with E-state index in [2.05, 4.69) is 10.0 Å². The van der Waals surface area contributed by atoms with E-state index in [9.17, 15) is 21.6 Å². The number of urea groups is 1. The Morgan fingerprint density at radius 1 is 0.763 bits per heavy atom. The van der Waals surface area contributed by atoms with E-state index in [-0.39, 0.29) is 11.4 Å². The first kappa shape index (κ1) is 25.5. The van der Waals surface area contributed by atoms with Gasteiger partial charge in [-0.2, -0.15) is 0 Å². The van der Waals surface area contributed by atoms with Crippen molar-refractivity contribution in [3.63, 3.8) is 0 Å². The first-order valence-electron chi connectivity index (χ1n) is 11.7. The normalized spacial score (nSPS) is 17.7. The van der Waals surface area contributed by atoms with Gasteiger partial charge in [0.2, 0.25) is 19.9 Å². The van der Waals surface area contributed by atoms with Crippen LogP contribution in [-0.2, 0) is 24.7 Å². The zero-order chi connectivity index (χ0) is 27.0. The molecule has 8 nitrogen and oxygen atoms in total. The van der Waals surface area contributed by atoms with Crippen molar-refractivity contribution in [2.75, 3.05) is 22.4 Å². The van der Waals surface area contributed by atoms with E-state index in [0.717, 1.165) is 17.4 Å². The fraction of sp³-hybridized carbons (Fsp3) is 0.107. The van der Waals surface area contributed by atoms with E-state index in [1.807, 2.05) is 6.07 Å². The van der Waals surface area contributed by atoms with E-state index in [4.69, 9.17) is 0 Å².